The number of ether oxygens (including phenoxy) is 1. The third-order valence-corrected chi connectivity index (χ3v) is 6.73. The summed E-state index contributed by atoms with van der Waals surface area (Å²) in [5.41, 5.74) is 0.574. The van der Waals surface area contributed by atoms with Crippen molar-refractivity contribution in [2.75, 3.05) is 17.8 Å². The maximum atomic E-state index is 13.2. The number of sulfonamides is 1. The van der Waals surface area contributed by atoms with E-state index in [0.29, 0.717) is 37.1 Å². The van der Waals surface area contributed by atoms with E-state index in [1.807, 2.05) is 0 Å². The second-order valence-electron chi connectivity index (χ2n) is 9.30. The van der Waals surface area contributed by atoms with Gasteiger partial charge in [-0.25, -0.2) is 17.6 Å². The highest BCUT2D eigenvalue weighted by molar-refractivity contribution is 7.92. The number of hydrogen-bond acceptors (Lipinski definition) is 5. The number of aryl methyl sites for hydroxylation is 1. The molecule has 1 saturated heterocycles. The summed E-state index contributed by atoms with van der Waals surface area (Å²) in [4.78, 5) is 26.8. The van der Waals surface area contributed by atoms with Crippen molar-refractivity contribution in [2.24, 2.45) is 0 Å². The van der Waals surface area contributed by atoms with E-state index >= 15 is 0 Å². The molecule has 1 aliphatic heterocycles. The normalized spacial score (nSPS) is 15.0. The van der Waals surface area contributed by atoms with E-state index in [1.165, 1.54) is 24.3 Å². The van der Waals surface area contributed by atoms with Gasteiger partial charge in [0.1, 0.15) is 11.4 Å². The molecule has 2 N–H and O–H groups in total. The predicted molar refractivity (Wildman–Crippen MR) is 127 cm³/mol. The van der Waals surface area contributed by atoms with E-state index in [4.69, 9.17) is 4.74 Å². The molecule has 1 aliphatic rings. The molecule has 0 bridgehead atoms. The van der Waals surface area contributed by atoms with Crippen molar-refractivity contribution in [3.8, 4) is 0 Å². The average Bonchev–Trinajstić information content (AvgIpc) is 2.74. The first-order valence-corrected chi connectivity index (χ1v) is 12.5. The molecule has 2 aromatic rings. The van der Waals surface area contributed by atoms with Gasteiger partial charge < -0.3 is 15.0 Å². The Morgan fingerprint density at radius 2 is 1.68 bits per heavy atom. The van der Waals surface area contributed by atoms with Crippen LogP contribution in [0.5, 0.6) is 0 Å². The molecule has 0 atom stereocenters. The van der Waals surface area contributed by atoms with Gasteiger partial charge in [0.15, 0.2) is 0 Å². The molecule has 2 amide bonds. The third-order valence-electron chi connectivity index (χ3n) is 5.35. The van der Waals surface area contributed by atoms with Gasteiger partial charge in [0.25, 0.3) is 15.9 Å². The number of benzene rings is 2. The minimum Gasteiger partial charge on any atom is -0.444 e. The number of piperidine rings is 1. The zero-order valence-corrected chi connectivity index (χ0v) is 20.5. The maximum Gasteiger partial charge on any atom is 0.407 e. The van der Waals surface area contributed by atoms with Crippen LogP contribution in [0.2, 0.25) is 0 Å². The van der Waals surface area contributed by atoms with Crippen molar-refractivity contribution in [3.05, 3.63) is 59.4 Å². The Kier molecular flexibility index (Phi) is 7.50. The number of rotatable bonds is 5. The summed E-state index contributed by atoms with van der Waals surface area (Å²) in [6.07, 6.45) is 0.641. The van der Waals surface area contributed by atoms with E-state index in [2.05, 4.69) is 10.0 Å². The molecule has 1 heterocycles. The minimum absolute atomic E-state index is 0.0627. The fourth-order valence-electron chi connectivity index (χ4n) is 3.60. The van der Waals surface area contributed by atoms with Gasteiger partial charge in [-0.2, -0.15) is 0 Å². The minimum atomic E-state index is -3.97. The number of amides is 2. The molecule has 3 rings (SSSR count). The Bertz CT molecular complexity index is 1150. The standard InChI is InChI=1S/C24H30FN3O5S/c1-16-5-10-20(34(31,32)27-19-8-6-17(25)7-9-19)15-21(16)22(29)28-13-11-18(12-14-28)26-23(30)33-24(2,3)4/h5-10,15,18,27H,11-14H2,1-4H3,(H,26,30). The van der Waals surface area contributed by atoms with Crippen molar-refractivity contribution in [2.45, 2.75) is 57.1 Å². The van der Waals surface area contributed by atoms with Gasteiger partial charge in [-0.3, -0.25) is 9.52 Å². The third kappa shape index (κ3) is 6.69. The van der Waals surface area contributed by atoms with Crippen LogP contribution in [0.25, 0.3) is 0 Å². The fraction of sp³-hybridized carbons (Fsp3) is 0.417. The largest absolute Gasteiger partial charge is 0.444 e. The molecule has 10 heteroatoms. The van der Waals surface area contributed by atoms with E-state index in [9.17, 15) is 22.4 Å². The Hall–Kier alpha value is -3.14. The van der Waals surface area contributed by atoms with Crippen LogP contribution in [0.1, 0.15) is 49.5 Å². The van der Waals surface area contributed by atoms with Gasteiger partial charge in [0, 0.05) is 30.4 Å². The van der Waals surface area contributed by atoms with Crippen LogP contribution in [0.15, 0.2) is 47.4 Å². The first kappa shape index (κ1) is 25.5. The lowest BCUT2D eigenvalue weighted by molar-refractivity contribution is 0.0473. The molecule has 0 aromatic heterocycles. The fourth-order valence-corrected chi connectivity index (χ4v) is 4.69. The van der Waals surface area contributed by atoms with E-state index in [-0.39, 0.29) is 22.5 Å². The van der Waals surface area contributed by atoms with Gasteiger partial charge in [-0.05, 0) is 82.5 Å². The highest BCUT2D eigenvalue weighted by Gasteiger charge is 2.28. The summed E-state index contributed by atoms with van der Waals surface area (Å²) < 4.78 is 46.4. The van der Waals surface area contributed by atoms with Crippen molar-refractivity contribution in [1.29, 1.82) is 0 Å². The molecule has 184 valence electrons. The Labute approximate surface area is 199 Å². The number of hydrogen-bond donors (Lipinski definition) is 2. The van der Waals surface area contributed by atoms with Gasteiger partial charge in [-0.1, -0.05) is 6.07 Å². The van der Waals surface area contributed by atoms with Gasteiger partial charge in [0.05, 0.1) is 4.90 Å². The molecular formula is C24H30FN3O5S. The lowest BCUT2D eigenvalue weighted by Crippen LogP contribution is -2.47. The van der Waals surface area contributed by atoms with Crippen LogP contribution in [-0.2, 0) is 14.8 Å². The molecule has 2 aromatic carbocycles. The molecule has 0 spiro atoms. The van der Waals surface area contributed by atoms with Crippen molar-refractivity contribution < 1.29 is 27.1 Å². The number of carbonyl (C=O) groups is 2. The lowest BCUT2D eigenvalue weighted by Gasteiger charge is -2.33. The number of nitrogens with one attached hydrogen (secondary N) is 2. The summed E-state index contributed by atoms with van der Waals surface area (Å²) in [6.45, 7) is 7.96. The number of carbonyl (C=O) groups excluding carboxylic acids is 2. The van der Waals surface area contributed by atoms with Crippen LogP contribution in [0.3, 0.4) is 0 Å². The summed E-state index contributed by atoms with van der Waals surface area (Å²) in [5.74, 6) is -0.747. The van der Waals surface area contributed by atoms with Crippen LogP contribution in [0.4, 0.5) is 14.9 Å². The SMILES string of the molecule is Cc1ccc(S(=O)(=O)Nc2ccc(F)cc2)cc1C(=O)N1CCC(NC(=O)OC(C)(C)C)CC1. The zero-order valence-electron chi connectivity index (χ0n) is 19.7. The van der Waals surface area contributed by atoms with E-state index < -0.39 is 27.5 Å². The van der Waals surface area contributed by atoms with Crippen molar-refractivity contribution in [3.63, 3.8) is 0 Å². The number of likely N-dealkylation sites (tertiary alicyclic amines) is 1. The second-order valence-corrected chi connectivity index (χ2v) is 11.0. The molecule has 0 unspecified atom stereocenters. The number of alkyl carbamates (subject to hydrolysis) is 1. The Balaban J connectivity index is 1.67. The second kappa shape index (κ2) is 10.0. The lowest BCUT2D eigenvalue weighted by atomic mass is 10.0. The monoisotopic (exact) mass is 491 g/mol. The molecule has 8 nitrogen and oxygen atoms in total. The highest BCUT2D eigenvalue weighted by Crippen LogP contribution is 2.22. The molecule has 1 fully saturated rings. The average molecular weight is 492 g/mol. The summed E-state index contributed by atoms with van der Waals surface area (Å²) >= 11 is 0. The molecule has 0 aliphatic carbocycles. The van der Waals surface area contributed by atoms with E-state index in [0.717, 1.165) is 12.1 Å². The molecule has 0 saturated carbocycles. The van der Waals surface area contributed by atoms with Gasteiger partial charge in [-0.15, -0.1) is 0 Å². The number of anilines is 1. The van der Waals surface area contributed by atoms with Crippen molar-refractivity contribution >= 4 is 27.7 Å². The predicted octanol–water partition coefficient (Wildman–Crippen LogP) is 4.06. The van der Waals surface area contributed by atoms with Gasteiger partial charge >= 0.3 is 6.09 Å². The van der Waals surface area contributed by atoms with Crippen LogP contribution in [0, 0.1) is 12.7 Å². The summed E-state index contributed by atoms with van der Waals surface area (Å²) in [5, 5.41) is 2.83. The van der Waals surface area contributed by atoms with Crippen LogP contribution >= 0.6 is 0 Å². The van der Waals surface area contributed by atoms with E-state index in [1.54, 1.807) is 38.7 Å². The van der Waals surface area contributed by atoms with Gasteiger partial charge in [0.2, 0.25) is 0 Å². The first-order valence-electron chi connectivity index (χ1n) is 11.0. The smallest absolute Gasteiger partial charge is 0.407 e. The zero-order chi connectivity index (χ0) is 25.1. The quantitative estimate of drug-likeness (QED) is 0.656. The first-order chi connectivity index (χ1) is 15.8. The Morgan fingerprint density at radius 1 is 1.06 bits per heavy atom. The highest BCUT2D eigenvalue weighted by atomic mass is 32.2. The summed E-state index contributed by atoms with van der Waals surface area (Å²) in [7, 11) is -3.97. The maximum absolute atomic E-state index is 13.2. The number of nitrogens with zero attached hydrogens (tertiary/aromatic N) is 1. The molecule has 34 heavy (non-hydrogen) atoms. The van der Waals surface area contributed by atoms with Crippen LogP contribution < -0.4 is 10.0 Å². The van der Waals surface area contributed by atoms with Crippen LogP contribution in [-0.4, -0.2) is 50.1 Å². The molecular weight excluding hydrogens is 461 g/mol. The number of halogens is 1. The summed E-state index contributed by atoms with van der Waals surface area (Å²) in [6, 6.07) is 9.22. The Morgan fingerprint density at radius 3 is 2.26 bits per heavy atom. The van der Waals surface area contributed by atoms with Crippen molar-refractivity contribution in [1.82, 2.24) is 10.2 Å². The topological polar surface area (TPSA) is 105 Å². The molecule has 0 radical (unpaired) electrons.